The van der Waals surface area contributed by atoms with Crippen molar-refractivity contribution in [1.82, 2.24) is 18.8 Å². The molecule has 33 heavy (non-hydrogen) atoms. The fraction of sp³-hybridized carbons (Fsp3) is 0.565. The molecule has 2 aromatic heterocycles. The summed E-state index contributed by atoms with van der Waals surface area (Å²) in [6.07, 6.45) is 3.77. The summed E-state index contributed by atoms with van der Waals surface area (Å²) < 4.78 is 35.1. The Morgan fingerprint density at radius 3 is 2.61 bits per heavy atom. The predicted octanol–water partition coefficient (Wildman–Crippen LogP) is 2.59. The van der Waals surface area contributed by atoms with Gasteiger partial charge >= 0.3 is 0 Å². The Morgan fingerprint density at radius 1 is 1.21 bits per heavy atom. The second-order valence-electron chi connectivity index (χ2n) is 8.78. The first-order chi connectivity index (χ1) is 15.8. The normalized spacial score (nSPS) is 20.4. The van der Waals surface area contributed by atoms with Gasteiger partial charge in [-0.15, -0.1) is 0 Å². The Balaban J connectivity index is 1.37. The Labute approximate surface area is 200 Å². The molecule has 0 saturated carbocycles. The number of carbonyl (C=O) groups is 1. The van der Waals surface area contributed by atoms with Gasteiger partial charge in [-0.2, -0.15) is 4.31 Å². The van der Waals surface area contributed by atoms with Gasteiger partial charge in [0, 0.05) is 62.5 Å². The number of carbonyl (C=O) groups excluding carboxylic acids is 1. The Hall–Kier alpha value is -1.72. The number of pyridine rings is 1. The van der Waals surface area contributed by atoms with Crippen molar-refractivity contribution in [2.45, 2.75) is 49.3 Å². The molecule has 0 unspecified atom stereocenters. The quantitative estimate of drug-likeness (QED) is 0.414. The maximum Gasteiger partial charge on any atom is 0.244 e. The van der Waals surface area contributed by atoms with Gasteiger partial charge in [-0.25, -0.2) is 13.4 Å². The van der Waals surface area contributed by atoms with Crippen molar-refractivity contribution in [2.24, 2.45) is 0 Å². The standard InChI is InChI=1S/C23H32N4O4S2/c1-17-13-21(18(2)27(17)15-19-5-4-12-31-19)22(28)16-32-23-7-6-20(14-24-23)33(29,30)26-10-8-25(3)9-11-26/h6-7,13-14,19H,4-5,8-12,15-16H2,1-3H3/t19-/m1/s1. The highest BCUT2D eigenvalue weighted by Gasteiger charge is 2.28. The molecule has 2 saturated heterocycles. The molecule has 2 aromatic rings. The van der Waals surface area contributed by atoms with Crippen molar-refractivity contribution < 1.29 is 17.9 Å². The molecule has 8 nitrogen and oxygen atoms in total. The maximum absolute atomic E-state index is 12.9. The molecule has 0 aliphatic carbocycles. The van der Waals surface area contributed by atoms with E-state index < -0.39 is 10.0 Å². The lowest BCUT2D eigenvalue weighted by Gasteiger charge is -2.31. The summed E-state index contributed by atoms with van der Waals surface area (Å²) in [6.45, 7) is 8.00. The van der Waals surface area contributed by atoms with E-state index in [1.165, 1.54) is 22.3 Å². The first-order valence-corrected chi connectivity index (χ1v) is 13.8. The number of ether oxygens (including phenoxy) is 1. The highest BCUT2D eigenvalue weighted by atomic mass is 32.2. The summed E-state index contributed by atoms with van der Waals surface area (Å²) in [7, 11) is -1.55. The molecule has 0 aromatic carbocycles. The molecule has 4 rings (SSSR count). The van der Waals surface area contributed by atoms with Crippen molar-refractivity contribution in [1.29, 1.82) is 0 Å². The molecule has 1 atom stereocenters. The van der Waals surface area contributed by atoms with Crippen LogP contribution < -0.4 is 0 Å². The van der Waals surface area contributed by atoms with Crippen molar-refractivity contribution in [2.75, 3.05) is 45.6 Å². The van der Waals surface area contributed by atoms with E-state index in [2.05, 4.69) is 14.5 Å². The van der Waals surface area contributed by atoms with Crippen LogP contribution in [0.2, 0.25) is 0 Å². The van der Waals surface area contributed by atoms with Crippen LogP contribution in [0.15, 0.2) is 34.3 Å². The van der Waals surface area contributed by atoms with Gasteiger partial charge in [0.25, 0.3) is 0 Å². The number of nitrogens with zero attached hydrogens (tertiary/aromatic N) is 4. The molecule has 0 amide bonds. The fourth-order valence-electron chi connectivity index (χ4n) is 4.36. The van der Waals surface area contributed by atoms with Crippen molar-refractivity contribution >= 4 is 27.6 Å². The molecular formula is C23H32N4O4S2. The number of aromatic nitrogens is 2. The largest absolute Gasteiger partial charge is 0.376 e. The van der Waals surface area contributed by atoms with E-state index in [4.69, 9.17) is 4.74 Å². The minimum atomic E-state index is -3.54. The van der Waals surface area contributed by atoms with Crippen LogP contribution in [0.5, 0.6) is 0 Å². The second kappa shape index (κ2) is 10.3. The summed E-state index contributed by atoms with van der Waals surface area (Å²) in [5.74, 6) is 0.296. The lowest BCUT2D eigenvalue weighted by Crippen LogP contribution is -2.47. The van der Waals surface area contributed by atoms with Crippen molar-refractivity contribution in [3.8, 4) is 0 Å². The molecule has 0 bridgehead atoms. The van der Waals surface area contributed by atoms with Crippen LogP contribution in [0, 0.1) is 13.8 Å². The number of piperazine rings is 1. The number of rotatable bonds is 8. The average Bonchev–Trinajstić information content (AvgIpc) is 3.42. The Kier molecular flexibility index (Phi) is 7.59. The molecule has 4 heterocycles. The molecule has 180 valence electrons. The van der Waals surface area contributed by atoms with Gasteiger partial charge in [0.15, 0.2) is 5.78 Å². The third kappa shape index (κ3) is 5.51. The van der Waals surface area contributed by atoms with E-state index in [0.29, 0.717) is 18.1 Å². The molecule has 2 aliphatic rings. The topological polar surface area (TPSA) is 84.7 Å². The number of hydrogen-bond donors (Lipinski definition) is 0. The predicted molar refractivity (Wildman–Crippen MR) is 128 cm³/mol. The van der Waals surface area contributed by atoms with E-state index in [0.717, 1.165) is 56.0 Å². The number of hydrogen-bond acceptors (Lipinski definition) is 7. The minimum absolute atomic E-state index is 0.0441. The summed E-state index contributed by atoms with van der Waals surface area (Å²) in [5.41, 5.74) is 2.76. The molecular weight excluding hydrogens is 460 g/mol. The van der Waals surface area contributed by atoms with Crippen LogP contribution in [0.25, 0.3) is 0 Å². The summed E-state index contributed by atoms with van der Waals surface area (Å²) in [6, 6.07) is 5.22. The van der Waals surface area contributed by atoms with Gasteiger partial charge in [0.1, 0.15) is 4.90 Å². The van der Waals surface area contributed by atoms with Crippen LogP contribution in [0.3, 0.4) is 0 Å². The van der Waals surface area contributed by atoms with Gasteiger partial charge in [0.2, 0.25) is 10.0 Å². The lowest BCUT2D eigenvalue weighted by molar-refractivity contribution is 0.0957. The first kappa shape index (κ1) is 24.4. The highest BCUT2D eigenvalue weighted by Crippen LogP contribution is 2.24. The van der Waals surface area contributed by atoms with Crippen LogP contribution in [0.1, 0.15) is 34.6 Å². The van der Waals surface area contributed by atoms with Gasteiger partial charge < -0.3 is 14.2 Å². The highest BCUT2D eigenvalue weighted by molar-refractivity contribution is 7.99. The zero-order valence-corrected chi connectivity index (χ0v) is 21.1. The Bertz CT molecular complexity index is 1080. The second-order valence-corrected chi connectivity index (χ2v) is 11.7. The summed E-state index contributed by atoms with van der Waals surface area (Å²) in [4.78, 5) is 19.5. The average molecular weight is 493 g/mol. The smallest absolute Gasteiger partial charge is 0.244 e. The van der Waals surface area contributed by atoms with Crippen molar-refractivity contribution in [3.63, 3.8) is 0 Å². The van der Waals surface area contributed by atoms with Gasteiger partial charge in [0.05, 0.1) is 16.9 Å². The van der Waals surface area contributed by atoms with E-state index in [9.17, 15) is 13.2 Å². The van der Waals surface area contributed by atoms with E-state index in [-0.39, 0.29) is 22.5 Å². The van der Waals surface area contributed by atoms with Crippen molar-refractivity contribution in [3.05, 3.63) is 41.3 Å². The number of thioether (sulfide) groups is 1. The summed E-state index contributed by atoms with van der Waals surface area (Å²) >= 11 is 1.33. The number of ketones is 1. The minimum Gasteiger partial charge on any atom is -0.376 e. The molecule has 0 radical (unpaired) electrons. The molecule has 0 spiro atoms. The maximum atomic E-state index is 12.9. The number of aryl methyl sites for hydroxylation is 1. The monoisotopic (exact) mass is 492 g/mol. The third-order valence-corrected chi connectivity index (χ3v) is 9.27. The zero-order valence-electron chi connectivity index (χ0n) is 19.5. The SMILES string of the molecule is Cc1cc(C(=O)CSc2ccc(S(=O)(=O)N3CCN(C)CC3)cn2)c(C)n1C[C@H]1CCCO1. The Morgan fingerprint density at radius 2 is 1.97 bits per heavy atom. The van der Waals surface area contributed by atoms with E-state index >= 15 is 0 Å². The fourth-order valence-corrected chi connectivity index (χ4v) is 6.45. The molecule has 0 N–H and O–H groups in total. The molecule has 2 aliphatic heterocycles. The van der Waals surface area contributed by atoms with Crippen LogP contribution >= 0.6 is 11.8 Å². The number of Topliss-reactive ketones (excluding diaryl/α,β-unsaturated/α-hetero) is 1. The van der Waals surface area contributed by atoms with Crippen LogP contribution in [-0.2, 0) is 21.3 Å². The summed E-state index contributed by atoms with van der Waals surface area (Å²) in [5, 5.41) is 0.633. The van der Waals surface area contributed by atoms with Gasteiger partial charge in [-0.05, 0) is 51.9 Å². The van der Waals surface area contributed by atoms with E-state index in [1.807, 2.05) is 27.0 Å². The van der Waals surface area contributed by atoms with Crippen LogP contribution in [-0.4, -0.2) is 84.6 Å². The molecule has 2 fully saturated rings. The molecule has 10 heteroatoms. The third-order valence-electron chi connectivity index (χ3n) is 6.44. The van der Waals surface area contributed by atoms with Gasteiger partial charge in [-0.3, -0.25) is 4.79 Å². The lowest BCUT2D eigenvalue weighted by atomic mass is 10.2. The zero-order chi connectivity index (χ0) is 23.6. The van der Waals surface area contributed by atoms with Gasteiger partial charge in [-0.1, -0.05) is 11.8 Å². The van der Waals surface area contributed by atoms with E-state index in [1.54, 1.807) is 12.1 Å². The number of sulfonamides is 1. The first-order valence-electron chi connectivity index (χ1n) is 11.3. The van der Waals surface area contributed by atoms with Crippen LogP contribution in [0.4, 0.5) is 0 Å². The number of likely N-dealkylation sites (N-methyl/N-ethyl adjacent to an activating group) is 1.